The zero-order valence-electron chi connectivity index (χ0n) is 21.0. The minimum atomic E-state index is 0.466. The monoisotopic (exact) mass is 486 g/mol. The summed E-state index contributed by atoms with van der Waals surface area (Å²) in [4.78, 5) is 0. The number of rotatable bonds is 2. The maximum atomic E-state index is 10.3. The topological polar surface area (TPSA) is 57.4 Å². The molecule has 0 amide bonds. The van der Waals surface area contributed by atoms with Gasteiger partial charge in [-0.3, -0.25) is 0 Å². The van der Waals surface area contributed by atoms with Gasteiger partial charge in [0.05, 0.1) is 44.6 Å². The van der Waals surface area contributed by atoms with E-state index in [-0.39, 0.29) is 0 Å². The van der Waals surface area contributed by atoms with Crippen LogP contribution in [0.5, 0.6) is 0 Å². The molecule has 0 aliphatic heterocycles. The van der Waals surface area contributed by atoms with Gasteiger partial charge in [0, 0.05) is 21.5 Å². The van der Waals surface area contributed by atoms with Crippen LogP contribution in [0.2, 0.25) is 0 Å². The van der Waals surface area contributed by atoms with Crippen molar-refractivity contribution in [1.82, 2.24) is 9.13 Å². The molecular formula is C34H22N4. The summed E-state index contributed by atoms with van der Waals surface area (Å²) in [5.41, 5.74) is 8.91. The standard InChI is InChI=1S/C34H22N4/c1-21-9-7-13-27-25-11-3-5-15-29(25)37(33(21)27)31-18-32(24(20-36)17-23(31)19-35)38-30-16-6-4-12-26(30)28-14-8-10-22(2)34(28)38/h3-18H,1-2H3. The third-order valence-corrected chi connectivity index (χ3v) is 7.63. The summed E-state index contributed by atoms with van der Waals surface area (Å²) in [7, 11) is 0. The van der Waals surface area contributed by atoms with E-state index < -0.39 is 0 Å². The number of fused-ring (bicyclic) bond motifs is 6. The highest BCUT2D eigenvalue weighted by atomic mass is 15.0. The summed E-state index contributed by atoms with van der Waals surface area (Å²) in [6, 6.07) is 37.7. The molecule has 0 fully saturated rings. The predicted octanol–water partition coefficient (Wildman–Crippen LogP) is 8.24. The van der Waals surface area contributed by atoms with Crippen molar-refractivity contribution in [2.75, 3.05) is 0 Å². The van der Waals surface area contributed by atoms with Crippen molar-refractivity contribution in [3.8, 4) is 23.5 Å². The third-order valence-electron chi connectivity index (χ3n) is 7.63. The zero-order chi connectivity index (χ0) is 26.0. The van der Waals surface area contributed by atoms with Crippen LogP contribution in [0.4, 0.5) is 0 Å². The summed E-state index contributed by atoms with van der Waals surface area (Å²) in [6.07, 6.45) is 0. The summed E-state index contributed by atoms with van der Waals surface area (Å²) < 4.78 is 4.37. The molecule has 0 atom stereocenters. The number of aryl methyl sites for hydroxylation is 2. The first-order chi connectivity index (χ1) is 18.6. The van der Waals surface area contributed by atoms with Crippen molar-refractivity contribution in [2.45, 2.75) is 13.8 Å². The van der Waals surface area contributed by atoms with Gasteiger partial charge in [0.15, 0.2) is 0 Å². The fourth-order valence-corrected chi connectivity index (χ4v) is 6.01. The molecule has 0 N–H and O–H groups in total. The zero-order valence-corrected chi connectivity index (χ0v) is 21.0. The Morgan fingerprint density at radius 3 is 1.37 bits per heavy atom. The molecule has 7 rings (SSSR count). The van der Waals surface area contributed by atoms with Crippen molar-refractivity contribution < 1.29 is 0 Å². The molecule has 2 aromatic heterocycles. The average molecular weight is 487 g/mol. The summed E-state index contributed by atoms with van der Waals surface area (Å²) in [5.74, 6) is 0. The molecule has 4 heteroatoms. The van der Waals surface area contributed by atoms with E-state index in [1.807, 2.05) is 30.3 Å². The molecule has 0 spiro atoms. The molecular weight excluding hydrogens is 464 g/mol. The van der Waals surface area contributed by atoms with E-state index in [0.29, 0.717) is 11.1 Å². The van der Waals surface area contributed by atoms with E-state index in [1.165, 1.54) is 0 Å². The smallest absolute Gasteiger partial charge is 0.101 e. The second-order valence-corrected chi connectivity index (χ2v) is 9.76. The largest absolute Gasteiger partial charge is 0.308 e. The van der Waals surface area contributed by atoms with Crippen LogP contribution >= 0.6 is 0 Å². The van der Waals surface area contributed by atoms with Crippen LogP contribution in [0.15, 0.2) is 97.1 Å². The minimum Gasteiger partial charge on any atom is -0.308 e. The Labute approximate surface area is 219 Å². The average Bonchev–Trinajstić information content (AvgIpc) is 3.47. The number of nitrogens with zero attached hydrogens (tertiary/aromatic N) is 4. The van der Waals surface area contributed by atoms with Crippen LogP contribution in [0.1, 0.15) is 22.3 Å². The highest BCUT2D eigenvalue weighted by Crippen LogP contribution is 2.39. The van der Waals surface area contributed by atoms with Crippen molar-refractivity contribution in [3.05, 3.63) is 119 Å². The molecule has 2 heterocycles. The van der Waals surface area contributed by atoms with Crippen LogP contribution in [-0.2, 0) is 0 Å². The number of para-hydroxylation sites is 4. The van der Waals surface area contributed by atoms with Crippen molar-refractivity contribution >= 4 is 43.6 Å². The number of nitriles is 2. The first kappa shape index (κ1) is 21.9. The molecule has 0 unspecified atom stereocenters. The number of benzene rings is 5. The van der Waals surface area contributed by atoms with Crippen molar-refractivity contribution in [3.63, 3.8) is 0 Å². The lowest BCUT2D eigenvalue weighted by molar-refractivity contribution is 1.11. The van der Waals surface area contributed by atoms with E-state index in [1.54, 1.807) is 6.07 Å². The van der Waals surface area contributed by atoms with E-state index in [4.69, 9.17) is 0 Å². The molecule has 0 radical (unpaired) electrons. The maximum absolute atomic E-state index is 10.3. The molecule has 4 nitrogen and oxygen atoms in total. The fourth-order valence-electron chi connectivity index (χ4n) is 6.01. The fraction of sp³-hybridized carbons (Fsp3) is 0.0588. The van der Waals surface area contributed by atoms with Gasteiger partial charge in [0.25, 0.3) is 0 Å². The molecule has 0 saturated heterocycles. The quantitative estimate of drug-likeness (QED) is 0.247. The Kier molecular flexibility index (Phi) is 4.67. The second-order valence-electron chi connectivity index (χ2n) is 9.76. The second kappa shape index (κ2) is 8.10. The first-order valence-electron chi connectivity index (χ1n) is 12.6. The highest BCUT2D eigenvalue weighted by Gasteiger charge is 2.21. The molecule has 0 saturated carbocycles. The molecule has 5 aromatic carbocycles. The Morgan fingerprint density at radius 1 is 0.500 bits per heavy atom. The molecule has 0 bridgehead atoms. The van der Waals surface area contributed by atoms with Gasteiger partial charge in [-0.15, -0.1) is 0 Å². The SMILES string of the molecule is Cc1cccc2c3ccccc3n(-c3cc(-n4c5ccccc5c5cccc(C)c54)c(C#N)cc3C#N)c12. The molecule has 0 aliphatic rings. The minimum absolute atomic E-state index is 0.466. The summed E-state index contributed by atoms with van der Waals surface area (Å²) in [5, 5.41) is 25.1. The Morgan fingerprint density at radius 2 is 0.921 bits per heavy atom. The van der Waals surface area contributed by atoms with Gasteiger partial charge in [-0.05, 0) is 49.2 Å². The van der Waals surface area contributed by atoms with Crippen LogP contribution in [0.3, 0.4) is 0 Å². The van der Waals surface area contributed by atoms with Gasteiger partial charge < -0.3 is 9.13 Å². The van der Waals surface area contributed by atoms with E-state index in [9.17, 15) is 10.5 Å². The van der Waals surface area contributed by atoms with Crippen molar-refractivity contribution in [2.24, 2.45) is 0 Å². The van der Waals surface area contributed by atoms with Gasteiger partial charge in [-0.2, -0.15) is 10.5 Å². The van der Waals surface area contributed by atoms with Crippen LogP contribution in [0, 0.1) is 36.5 Å². The lowest BCUT2D eigenvalue weighted by Gasteiger charge is -2.17. The number of hydrogen-bond acceptors (Lipinski definition) is 2. The van der Waals surface area contributed by atoms with Crippen molar-refractivity contribution in [1.29, 1.82) is 10.5 Å². The van der Waals surface area contributed by atoms with Gasteiger partial charge in [0.1, 0.15) is 12.1 Å². The summed E-state index contributed by atoms with van der Waals surface area (Å²) in [6.45, 7) is 4.20. The highest BCUT2D eigenvalue weighted by molar-refractivity contribution is 6.12. The lowest BCUT2D eigenvalue weighted by atomic mass is 10.1. The van der Waals surface area contributed by atoms with Gasteiger partial charge in [-0.25, -0.2) is 0 Å². The molecule has 7 aromatic rings. The predicted molar refractivity (Wildman–Crippen MR) is 154 cm³/mol. The molecule has 0 aliphatic carbocycles. The van der Waals surface area contributed by atoms with Gasteiger partial charge >= 0.3 is 0 Å². The van der Waals surface area contributed by atoms with Gasteiger partial charge in [0.2, 0.25) is 0 Å². The van der Waals surface area contributed by atoms with Crippen LogP contribution in [-0.4, -0.2) is 9.13 Å². The summed E-state index contributed by atoms with van der Waals surface area (Å²) >= 11 is 0. The third kappa shape index (κ3) is 2.89. The molecule has 178 valence electrons. The molecule has 38 heavy (non-hydrogen) atoms. The normalized spacial score (nSPS) is 11.4. The Balaban J connectivity index is 1.68. The Bertz CT molecular complexity index is 2020. The number of hydrogen-bond donors (Lipinski definition) is 0. The number of aromatic nitrogens is 2. The van der Waals surface area contributed by atoms with Crippen LogP contribution in [0.25, 0.3) is 55.0 Å². The van der Waals surface area contributed by atoms with Crippen LogP contribution < -0.4 is 0 Å². The van der Waals surface area contributed by atoms with Gasteiger partial charge in [-0.1, -0.05) is 72.8 Å². The first-order valence-corrected chi connectivity index (χ1v) is 12.6. The van der Waals surface area contributed by atoms with E-state index in [0.717, 1.165) is 66.1 Å². The Hall–Kier alpha value is -5.32. The van der Waals surface area contributed by atoms with E-state index in [2.05, 4.69) is 95.8 Å². The lowest BCUT2D eigenvalue weighted by Crippen LogP contribution is -2.05. The maximum Gasteiger partial charge on any atom is 0.101 e. The van der Waals surface area contributed by atoms with E-state index >= 15 is 0 Å².